The first kappa shape index (κ1) is 13.1. The van der Waals surface area contributed by atoms with E-state index in [4.69, 9.17) is 5.73 Å². The van der Waals surface area contributed by atoms with Crippen LogP contribution < -0.4 is 5.73 Å². The number of fused-ring (bicyclic) bond motifs is 1. The summed E-state index contributed by atoms with van der Waals surface area (Å²) in [5.41, 5.74) is 7.76. The molecule has 1 heterocycles. The smallest absolute Gasteiger partial charge is 0.271 e. The molecule has 0 saturated heterocycles. The lowest BCUT2D eigenvalue weighted by atomic mass is 9.85. The van der Waals surface area contributed by atoms with Crippen molar-refractivity contribution in [3.05, 3.63) is 34.1 Å². The van der Waals surface area contributed by atoms with E-state index in [1.165, 1.54) is 6.07 Å². The van der Waals surface area contributed by atoms with Gasteiger partial charge in [-0.25, -0.2) is 4.98 Å². The fourth-order valence-corrected chi connectivity index (χ4v) is 3.15. The number of rotatable bonds is 2. The maximum atomic E-state index is 10.8. The molecule has 0 bridgehead atoms. The highest BCUT2D eigenvalue weighted by Gasteiger charge is 2.25. The van der Waals surface area contributed by atoms with E-state index in [0.717, 1.165) is 37.0 Å². The molecule has 1 fully saturated rings. The Bertz CT molecular complexity index is 664. The molecule has 106 valence electrons. The highest BCUT2D eigenvalue weighted by Crippen LogP contribution is 2.33. The SMILES string of the molecule is Cn1c([C@H]2CCC[C@@H](N)C2)nc2cc([N+](=O)[O-])ccc21. The molecule has 0 aliphatic heterocycles. The molecular weight excluding hydrogens is 256 g/mol. The summed E-state index contributed by atoms with van der Waals surface area (Å²) < 4.78 is 2.04. The van der Waals surface area contributed by atoms with Crippen molar-refractivity contribution in [2.45, 2.75) is 37.6 Å². The molecule has 2 atom stereocenters. The number of aryl methyl sites for hydroxylation is 1. The average molecular weight is 274 g/mol. The van der Waals surface area contributed by atoms with E-state index in [-0.39, 0.29) is 16.7 Å². The van der Waals surface area contributed by atoms with Gasteiger partial charge < -0.3 is 10.3 Å². The third kappa shape index (κ3) is 2.16. The zero-order valence-corrected chi connectivity index (χ0v) is 11.5. The van der Waals surface area contributed by atoms with Crippen molar-refractivity contribution in [1.29, 1.82) is 0 Å². The van der Waals surface area contributed by atoms with E-state index >= 15 is 0 Å². The first-order valence-corrected chi connectivity index (χ1v) is 6.92. The van der Waals surface area contributed by atoms with Crippen LogP contribution in [-0.2, 0) is 7.05 Å². The molecule has 1 aliphatic carbocycles. The van der Waals surface area contributed by atoms with Gasteiger partial charge in [-0.15, -0.1) is 0 Å². The molecule has 0 spiro atoms. The number of hydrogen-bond acceptors (Lipinski definition) is 4. The van der Waals surface area contributed by atoms with Crippen LogP contribution in [0.4, 0.5) is 5.69 Å². The van der Waals surface area contributed by atoms with Gasteiger partial charge in [-0.2, -0.15) is 0 Å². The summed E-state index contributed by atoms with van der Waals surface area (Å²) in [6, 6.07) is 5.08. The topological polar surface area (TPSA) is 87.0 Å². The van der Waals surface area contributed by atoms with Crippen molar-refractivity contribution in [1.82, 2.24) is 9.55 Å². The van der Waals surface area contributed by atoms with E-state index < -0.39 is 0 Å². The Labute approximate surface area is 116 Å². The van der Waals surface area contributed by atoms with Crippen LogP contribution in [0.25, 0.3) is 11.0 Å². The van der Waals surface area contributed by atoms with Gasteiger partial charge in [-0.3, -0.25) is 10.1 Å². The summed E-state index contributed by atoms with van der Waals surface area (Å²) in [6.45, 7) is 0. The molecule has 0 radical (unpaired) electrons. The van der Waals surface area contributed by atoms with Crippen molar-refractivity contribution in [3.8, 4) is 0 Å². The minimum absolute atomic E-state index is 0.0856. The van der Waals surface area contributed by atoms with Crippen molar-refractivity contribution in [2.24, 2.45) is 12.8 Å². The van der Waals surface area contributed by atoms with Crippen LogP contribution in [0.1, 0.15) is 37.4 Å². The summed E-state index contributed by atoms with van der Waals surface area (Å²) >= 11 is 0. The van der Waals surface area contributed by atoms with Crippen molar-refractivity contribution in [2.75, 3.05) is 0 Å². The maximum absolute atomic E-state index is 10.8. The van der Waals surface area contributed by atoms with E-state index in [2.05, 4.69) is 4.98 Å². The molecule has 1 aromatic carbocycles. The van der Waals surface area contributed by atoms with Crippen LogP contribution in [0.5, 0.6) is 0 Å². The Kier molecular flexibility index (Phi) is 3.17. The summed E-state index contributed by atoms with van der Waals surface area (Å²) in [4.78, 5) is 15.1. The largest absolute Gasteiger partial charge is 0.331 e. The zero-order valence-electron chi connectivity index (χ0n) is 11.5. The Balaban J connectivity index is 2.03. The molecular formula is C14H18N4O2. The Hall–Kier alpha value is -1.95. The van der Waals surface area contributed by atoms with Gasteiger partial charge in [-0.1, -0.05) is 6.42 Å². The standard InChI is InChI=1S/C14H18N4O2/c1-17-13-6-5-11(18(19)20)8-12(13)16-14(17)9-3-2-4-10(15)7-9/h5-6,8-10H,2-4,7,15H2,1H3/t9-,10+/m0/s1. The molecule has 2 aromatic rings. The number of nitro groups is 1. The summed E-state index contributed by atoms with van der Waals surface area (Å²) in [7, 11) is 1.97. The van der Waals surface area contributed by atoms with Crippen LogP contribution >= 0.6 is 0 Å². The van der Waals surface area contributed by atoms with Crippen molar-refractivity contribution < 1.29 is 4.92 Å². The number of aromatic nitrogens is 2. The highest BCUT2D eigenvalue weighted by atomic mass is 16.6. The van der Waals surface area contributed by atoms with Crippen LogP contribution in [-0.4, -0.2) is 20.5 Å². The van der Waals surface area contributed by atoms with Gasteiger partial charge in [0.25, 0.3) is 5.69 Å². The predicted molar refractivity (Wildman–Crippen MR) is 76.6 cm³/mol. The molecule has 1 saturated carbocycles. The molecule has 20 heavy (non-hydrogen) atoms. The molecule has 6 nitrogen and oxygen atoms in total. The first-order chi connectivity index (χ1) is 9.56. The fraction of sp³-hybridized carbons (Fsp3) is 0.500. The van der Waals surface area contributed by atoms with Gasteiger partial charge in [0, 0.05) is 31.1 Å². The molecule has 2 N–H and O–H groups in total. The van der Waals surface area contributed by atoms with Crippen molar-refractivity contribution >= 4 is 16.7 Å². The highest BCUT2D eigenvalue weighted by molar-refractivity contribution is 5.78. The normalized spacial score (nSPS) is 23.1. The van der Waals surface area contributed by atoms with E-state index in [1.54, 1.807) is 12.1 Å². The second-order valence-corrected chi connectivity index (χ2v) is 5.58. The quantitative estimate of drug-likeness (QED) is 0.673. The molecule has 1 aromatic heterocycles. The minimum atomic E-state index is -0.385. The van der Waals surface area contributed by atoms with Gasteiger partial charge in [0.05, 0.1) is 16.0 Å². The van der Waals surface area contributed by atoms with Crippen LogP contribution in [0.15, 0.2) is 18.2 Å². The molecule has 0 unspecified atom stereocenters. The molecule has 3 rings (SSSR count). The minimum Gasteiger partial charge on any atom is -0.331 e. The second-order valence-electron chi connectivity index (χ2n) is 5.58. The molecule has 6 heteroatoms. The summed E-state index contributed by atoms with van der Waals surface area (Å²) in [5.74, 6) is 1.35. The number of nitrogens with zero attached hydrogens (tertiary/aromatic N) is 3. The number of non-ortho nitro benzene ring substituents is 1. The summed E-state index contributed by atoms with van der Waals surface area (Å²) in [5, 5.41) is 10.8. The monoisotopic (exact) mass is 274 g/mol. The van der Waals surface area contributed by atoms with E-state index in [0.29, 0.717) is 11.4 Å². The number of benzene rings is 1. The van der Waals surface area contributed by atoms with E-state index in [1.807, 2.05) is 11.6 Å². The fourth-order valence-electron chi connectivity index (χ4n) is 3.15. The lowest BCUT2D eigenvalue weighted by Gasteiger charge is -2.26. The summed E-state index contributed by atoms with van der Waals surface area (Å²) in [6.07, 6.45) is 4.23. The zero-order chi connectivity index (χ0) is 14.3. The van der Waals surface area contributed by atoms with Gasteiger partial charge in [0.1, 0.15) is 5.82 Å². The predicted octanol–water partition coefficient (Wildman–Crippen LogP) is 2.47. The second kappa shape index (κ2) is 4.86. The Morgan fingerprint density at radius 2 is 2.25 bits per heavy atom. The van der Waals surface area contributed by atoms with Crippen molar-refractivity contribution in [3.63, 3.8) is 0 Å². The Morgan fingerprint density at radius 3 is 2.95 bits per heavy atom. The number of imidazole rings is 1. The third-order valence-electron chi connectivity index (χ3n) is 4.19. The average Bonchev–Trinajstić information content (AvgIpc) is 2.75. The molecule has 0 amide bonds. The van der Waals surface area contributed by atoms with Gasteiger partial charge in [-0.05, 0) is 25.3 Å². The lowest BCUT2D eigenvalue weighted by molar-refractivity contribution is -0.384. The Morgan fingerprint density at radius 1 is 1.45 bits per heavy atom. The lowest BCUT2D eigenvalue weighted by Crippen LogP contribution is -2.27. The maximum Gasteiger partial charge on any atom is 0.271 e. The van der Waals surface area contributed by atoms with Gasteiger partial charge in [0.15, 0.2) is 0 Å². The van der Waals surface area contributed by atoms with Gasteiger partial charge in [0.2, 0.25) is 0 Å². The van der Waals surface area contributed by atoms with Gasteiger partial charge >= 0.3 is 0 Å². The molecule has 1 aliphatic rings. The van der Waals surface area contributed by atoms with Crippen LogP contribution in [0, 0.1) is 10.1 Å². The number of hydrogen-bond donors (Lipinski definition) is 1. The number of nitrogens with two attached hydrogens (primary N) is 1. The van der Waals surface area contributed by atoms with Crippen LogP contribution in [0.2, 0.25) is 0 Å². The third-order valence-corrected chi connectivity index (χ3v) is 4.19. The van der Waals surface area contributed by atoms with E-state index in [9.17, 15) is 10.1 Å². The number of nitro benzene ring substituents is 1. The first-order valence-electron chi connectivity index (χ1n) is 6.92. The van der Waals surface area contributed by atoms with Crippen LogP contribution in [0.3, 0.4) is 0 Å².